The lowest BCUT2D eigenvalue weighted by molar-refractivity contribution is -0.142. The number of amides is 1. The van der Waals surface area contributed by atoms with Crippen LogP contribution >= 0.6 is 23.2 Å². The van der Waals surface area contributed by atoms with E-state index in [2.05, 4.69) is 15.3 Å². The minimum absolute atomic E-state index is 0.114. The standard InChI is InChI=1S/C29H30Cl2FN5O4/c30-22-8-7-20(15-23(22)31)19-5-3-18(4-6-19)14-24(29(39)40)35-28(38)21-2-1-9-37(16-21)27-25(32)26(33-17-34-27)36-10-12-41-13-11-36/h3-8,15,17,21,24H,1-2,9-14,16H2,(H,35,38)(H,39,40)/t21?,24-/m0/s1. The maximum atomic E-state index is 15.5. The third-order valence-corrected chi connectivity index (χ3v) is 8.16. The van der Waals surface area contributed by atoms with Gasteiger partial charge in [-0.2, -0.15) is 4.39 Å². The molecule has 2 saturated heterocycles. The average molecular weight is 602 g/mol. The minimum atomic E-state index is -1.13. The third-order valence-electron chi connectivity index (χ3n) is 7.42. The van der Waals surface area contributed by atoms with Crippen LogP contribution in [0.15, 0.2) is 48.8 Å². The Labute approximate surface area is 247 Å². The van der Waals surface area contributed by atoms with Crippen molar-refractivity contribution < 1.29 is 23.8 Å². The van der Waals surface area contributed by atoms with Gasteiger partial charge in [0.05, 0.1) is 29.2 Å². The zero-order valence-corrected chi connectivity index (χ0v) is 23.7. The molecule has 0 bridgehead atoms. The van der Waals surface area contributed by atoms with Gasteiger partial charge in [-0.3, -0.25) is 4.79 Å². The smallest absolute Gasteiger partial charge is 0.326 e. The van der Waals surface area contributed by atoms with E-state index >= 15 is 4.39 Å². The van der Waals surface area contributed by atoms with E-state index in [1.54, 1.807) is 17.0 Å². The number of aliphatic carboxylic acids is 1. The lowest BCUT2D eigenvalue weighted by Gasteiger charge is -2.34. The second kappa shape index (κ2) is 13.0. The Morgan fingerprint density at radius 2 is 1.68 bits per heavy atom. The molecule has 12 heteroatoms. The van der Waals surface area contributed by atoms with E-state index in [1.807, 2.05) is 35.2 Å². The molecule has 2 aliphatic rings. The zero-order chi connectivity index (χ0) is 28.9. The number of rotatable bonds is 8. The highest BCUT2D eigenvalue weighted by atomic mass is 35.5. The molecule has 1 amide bonds. The number of hydrogen-bond acceptors (Lipinski definition) is 7. The van der Waals surface area contributed by atoms with Crippen LogP contribution < -0.4 is 15.1 Å². The lowest BCUT2D eigenvalue weighted by Crippen LogP contribution is -2.49. The van der Waals surface area contributed by atoms with Crippen LogP contribution in [0.25, 0.3) is 11.1 Å². The summed E-state index contributed by atoms with van der Waals surface area (Å²) in [6.07, 6.45) is 2.65. The third kappa shape index (κ3) is 6.89. The monoisotopic (exact) mass is 601 g/mol. The highest BCUT2D eigenvalue weighted by Gasteiger charge is 2.32. The molecule has 3 aromatic rings. The molecule has 5 rings (SSSR count). The number of carboxylic acids is 1. The molecule has 2 aliphatic heterocycles. The predicted octanol–water partition coefficient (Wildman–Crippen LogP) is 4.45. The number of nitrogens with zero attached hydrogens (tertiary/aromatic N) is 4. The van der Waals surface area contributed by atoms with E-state index in [1.165, 1.54) is 6.33 Å². The molecule has 0 aliphatic carbocycles. The number of carboxylic acid groups (broad SMARTS) is 1. The van der Waals surface area contributed by atoms with Crippen molar-refractivity contribution in [1.29, 1.82) is 0 Å². The van der Waals surface area contributed by atoms with Gasteiger partial charge in [-0.1, -0.05) is 53.5 Å². The quantitative estimate of drug-likeness (QED) is 0.390. The molecule has 0 radical (unpaired) electrons. The maximum absolute atomic E-state index is 15.5. The molecule has 0 spiro atoms. The van der Waals surface area contributed by atoms with Crippen molar-refractivity contribution in [2.24, 2.45) is 5.92 Å². The van der Waals surface area contributed by atoms with Crippen LogP contribution in [-0.4, -0.2) is 72.4 Å². The topological polar surface area (TPSA) is 108 Å². The molecule has 1 aromatic heterocycles. The Hall–Kier alpha value is -3.47. The fourth-order valence-electron chi connectivity index (χ4n) is 5.19. The first kappa shape index (κ1) is 29.0. The molecule has 2 N–H and O–H groups in total. The molecule has 9 nitrogen and oxygen atoms in total. The van der Waals surface area contributed by atoms with Crippen LogP contribution in [0.2, 0.25) is 10.0 Å². The molecule has 3 heterocycles. The lowest BCUT2D eigenvalue weighted by atomic mass is 9.95. The molecule has 2 aromatic carbocycles. The van der Waals surface area contributed by atoms with Crippen molar-refractivity contribution in [3.05, 3.63) is 70.2 Å². The van der Waals surface area contributed by atoms with Crippen molar-refractivity contribution in [2.45, 2.75) is 25.3 Å². The van der Waals surface area contributed by atoms with Crippen molar-refractivity contribution in [1.82, 2.24) is 15.3 Å². The van der Waals surface area contributed by atoms with Gasteiger partial charge in [0.1, 0.15) is 12.4 Å². The normalized spacial score (nSPS) is 18.2. The summed E-state index contributed by atoms with van der Waals surface area (Å²) in [7, 11) is 0. The molecule has 216 valence electrons. The molecular formula is C29H30Cl2FN5O4. The van der Waals surface area contributed by atoms with Gasteiger partial charge in [0, 0.05) is 32.6 Å². The fourth-order valence-corrected chi connectivity index (χ4v) is 5.48. The summed E-state index contributed by atoms with van der Waals surface area (Å²) in [4.78, 5) is 37.2. The van der Waals surface area contributed by atoms with Gasteiger partial charge in [0.15, 0.2) is 11.6 Å². The first-order valence-corrected chi connectivity index (χ1v) is 14.2. The van der Waals surface area contributed by atoms with Gasteiger partial charge >= 0.3 is 5.97 Å². The number of morpholine rings is 1. The number of halogens is 3. The molecular weight excluding hydrogens is 572 g/mol. The van der Waals surface area contributed by atoms with Gasteiger partial charge in [-0.15, -0.1) is 0 Å². The van der Waals surface area contributed by atoms with Crippen LogP contribution in [0.5, 0.6) is 0 Å². The molecule has 41 heavy (non-hydrogen) atoms. The number of benzene rings is 2. The summed E-state index contributed by atoms with van der Waals surface area (Å²) in [6.45, 7) is 2.83. The second-order valence-electron chi connectivity index (χ2n) is 10.1. The van der Waals surface area contributed by atoms with Crippen molar-refractivity contribution in [3.63, 3.8) is 0 Å². The first-order chi connectivity index (χ1) is 19.8. The van der Waals surface area contributed by atoms with Crippen molar-refractivity contribution in [3.8, 4) is 11.1 Å². The van der Waals surface area contributed by atoms with Crippen molar-refractivity contribution in [2.75, 3.05) is 49.2 Å². The van der Waals surface area contributed by atoms with E-state index in [9.17, 15) is 14.7 Å². The predicted molar refractivity (Wildman–Crippen MR) is 155 cm³/mol. The number of aromatic nitrogens is 2. The largest absolute Gasteiger partial charge is 0.480 e. The number of piperidine rings is 1. The van der Waals surface area contributed by atoms with E-state index in [0.29, 0.717) is 55.7 Å². The van der Waals surface area contributed by atoms with Gasteiger partial charge in [0.25, 0.3) is 0 Å². The molecule has 1 unspecified atom stereocenters. The number of ether oxygens (including phenoxy) is 1. The van der Waals surface area contributed by atoms with Crippen LogP contribution in [0.3, 0.4) is 0 Å². The Morgan fingerprint density at radius 1 is 1.00 bits per heavy atom. The van der Waals surface area contributed by atoms with Crippen LogP contribution in [0.4, 0.5) is 16.0 Å². The van der Waals surface area contributed by atoms with Crippen molar-refractivity contribution >= 4 is 46.7 Å². The van der Waals surface area contributed by atoms with E-state index < -0.39 is 23.7 Å². The fraction of sp³-hybridized carbons (Fsp3) is 0.379. The van der Waals surface area contributed by atoms with Crippen LogP contribution in [0, 0.1) is 11.7 Å². The summed E-state index contributed by atoms with van der Waals surface area (Å²) < 4.78 is 20.8. The Morgan fingerprint density at radius 3 is 2.37 bits per heavy atom. The summed E-state index contributed by atoms with van der Waals surface area (Å²) in [5, 5.41) is 13.5. The van der Waals surface area contributed by atoms with Gasteiger partial charge in [-0.05, 0) is 41.7 Å². The summed E-state index contributed by atoms with van der Waals surface area (Å²) >= 11 is 12.1. The SMILES string of the molecule is O=C(N[C@@H](Cc1ccc(-c2ccc(Cl)c(Cl)c2)cc1)C(=O)O)C1CCCN(c2ncnc(N3CCOCC3)c2F)C1. The highest BCUT2D eigenvalue weighted by Crippen LogP contribution is 2.30. The Kier molecular flexibility index (Phi) is 9.22. The van der Waals surface area contributed by atoms with Crippen LogP contribution in [-0.2, 0) is 20.7 Å². The number of hydrogen-bond donors (Lipinski definition) is 2. The Bertz CT molecular complexity index is 1400. The number of anilines is 2. The van der Waals surface area contributed by atoms with Gasteiger partial charge in [-0.25, -0.2) is 14.8 Å². The minimum Gasteiger partial charge on any atom is -0.480 e. The number of carbonyl (C=O) groups is 2. The molecule has 0 saturated carbocycles. The summed E-state index contributed by atoms with van der Waals surface area (Å²) in [5.74, 6) is -2.17. The van der Waals surface area contributed by atoms with Gasteiger partial charge < -0.3 is 25.0 Å². The summed E-state index contributed by atoms with van der Waals surface area (Å²) in [5.41, 5.74) is 2.54. The van der Waals surface area contributed by atoms with Crippen LogP contribution in [0.1, 0.15) is 18.4 Å². The zero-order valence-electron chi connectivity index (χ0n) is 22.2. The van der Waals surface area contributed by atoms with Gasteiger partial charge in [0.2, 0.25) is 11.7 Å². The highest BCUT2D eigenvalue weighted by molar-refractivity contribution is 6.42. The second-order valence-corrected chi connectivity index (χ2v) is 11.0. The average Bonchev–Trinajstić information content (AvgIpc) is 2.99. The van der Waals surface area contributed by atoms with E-state index in [4.69, 9.17) is 27.9 Å². The number of nitrogens with one attached hydrogen (secondary N) is 1. The summed E-state index contributed by atoms with van der Waals surface area (Å²) in [6, 6.07) is 11.6. The maximum Gasteiger partial charge on any atom is 0.326 e. The number of carbonyl (C=O) groups excluding carboxylic acids is 1. The first-order valence-electron chi connectivity index (χ1n) is 13.5. The molecule has 2 atom stereocenters. The van der Waals surface area contributed by atoms with E-state index in [0.717, 1.165) is 16.7 Å². The molecule has 2 fully saturated rings. The Balaban J connectivity index is 1.23. The van der Waals surface area contributed by atoms with E-state index in [-0.39, 0.29) is 30.5 Å².